The first-order valence-electron chi connectivity index (χ1n) is 6.55. The van der Waals surface area contributed by atoms with Gasteiger partial charge in [0, 0.05) is 0 Å². The van der Waals surface area contributed by atoms with Gasteiger partial charge in [0.05, 0.1) is 23.4 Å². The summed E-state index contributed by atoms with van der Waals surface area (Å²) in [5.41, 5.74) is 2.24. The molecule has 0 bridgehead atoms. The van der Waals surface area contributed by atoms with E-state index in [9.17, 15) is 0 Å². The number of para-hydroxylation sites is 1. The van der Waals surface area contributed by atoms with Gasteiger partial charge in [0.15, 0.2) is 0 Å². The second-order valence-corrected chi connectivity index (χ2v) is 5.52. The van der Waals surface area contributed by atoms with Crippen LogP contribution >= 0.6 is 11.3 Å². The van der Waals surface area contributed by atoms with Crippen molar-refractivity contribution in [1.82, 2.24) is 4.98 Å². The Morgan fingerprint density at radius 1 is 1.00 bits per heavy atom. The second-order valence-electron chi connectivity index (χ2n) is 4.40. The zero-order valence-corrected chi connectivity index (χ0v) is 11.8. The SMILES string of the molecule is C(=C\c1ccccc1)/COCc1nc2ccccc2s1. The number of thiazole rings is 1. The molecule has 0 aliphatic carbocycles. The number of hydrogen-bond acceptors (Lipinski definition) is 3. The van der Waals surface area contributed by atoms with E-state index in [1.165, 1.54) is 10.3 Å². The minimum atomic E-state index is 0.568. The molecule has 3 rings (SSSR count). The number of ether oxygens (including phenoxy) is 1. The fourth-order valence-corrected chi connectivity index (χ4v) is 2.85. The number of rotatable bonds is 5. The molecule has 0 aliphatic heterocycles. The molecule has 0 amide bonds. The summed E-state index contributed by atoms with van der Waals surface area (Å²) in [6.45, 7) is 1.17. The van der Waals surface area contributed by atoms with Gasteiger partial charge in [-0.25, -0.2) is 4.98 Å². The highest BCUT2D eigenvalue weighted by Crippen LogP contribution is 2.21. The maximum atomic E-state index is 5.63. The largest absolute Gasteiger partial charge is 0.370 e. The number of fused-ring (bicyclic) bond motifs is 1. The van der Waals surface area contributed by atoms with Crippen LogP contribution in [0.5, 0.6) is 0 Å². The molecular formula is C17H15NOS. The Balaban J connectivity index is 1.51. The Bertz CT molecular complexity index is 670. The summed E-state index contributed by atoms with van der Waals surface area (Å²) in [5.74, 6) is 0. The standard InChI is InChI=1S/C17H15NOS/c1-2-7-14(8-3-1)9-6-12-19-13-17-18-15-10-4-5-11-16(15)20-17/h1-11H,12-13H2/b9-6+. The van der Waals surface area contributed by atoms with Crippen molar-refractivity contribution >= 4 is 27.6 Å². The van der Waals surface area contributed by atoms with Gasteiger partial charge >= 0.3 is 0 Å². The molecule has 0 unspecified atom stereocenters. The molecule has 20 heavy (non-hydrogen) atoms. The summed E-state index contributed by atoms with van der Waals surface area (Å²) in [4.78, 5) is 4.54. The average molecular weight is 281 g/mol. The lowest BCUT2D eigenvalue weighted by Crippen LogP contribution is -1.91. The van der Waals surface area contributed by atoms with E-state index in [4.69, 9.17) is 4.74 Å². The fourth-order valence-electron chi connectivity index (χ4n) is 1.94. The fraction of sp³-hybridized carbons (Fsp3) is 0.118. The van der Waals surface area contributed by atoms with Crippen molar-refractivity contribution < 1.29 is 4.74 Å². The molecule has 0 saturated heterocycles. The van der Waals surface area contributed by atoms with E-state index in [0.29, 0.717) is 13.2 Å². The van der Waals surface area contributed by atoms with Crippen molar-refractivity contribution in [1.29, 1.82) is 0 Å². The molecule has 100 valence electrons. The van der Waals surface area contributed by atoms with Crippen LogP contribution in [0.2, 0.25) is 0 Å². The van der Waals surface area contributed by atoms with E-state index in [0.717, 1.165) is 10.5 Å². The molecule has 2 aromatic carbocycles. The van der Waals surface area contributed by atoms with Crippen LogP contribution in [0.25, 0.3) is 16.3 Å². The van der Waals surface area contributed by atoms with Crippen LogP contribution < -0.4 is 0 Å². The molecule has 0 saturated carbocycles. The predicted octanol–water partition coefficient (Wildman–Crippen LogP) is 4.53. The number of aromatic nitrogens is 1. The van der Waals surface area contributed by atoms with Gasteiger partial charge in [0.2, 0.25) is 0 Å². The molecule has 2 nitrogen and oxygen atoms in total. The lowest BCUT2D eigenvalue weighted by molar-refractivity contribution is 0.149. The third-order valence-electron chi connectivity index (χ3n) is 2.89. The van der Waals surface area contributed by atoms with E-state index in [2.05, 4.69) is 29.3 Å². The topological polar surface area (TPSA) is 22.1 Å². The molecule has 1 aromatic heterocycles. The van der Waals surface area contributed by atoms with Crippen LogP contribution in [0.15, 0.2) is 60.7 Å². The van der Waals surface area contributed by atoms with Gasteiger partial charge < -0.3 is 4.74 Å². The van der Waals surface area contributed by atoms with Crippen molar-refractivity contribution in [2.24, 2.45) is 0 Å². The highest BCUT2D eigenvalue weighted by Gasteiger charge is 2.01. The van der Waals surface area contributed by atoms with E-state index < -0.39 is 0 Å². The van der Waals surface area contributed by atoms with Gasteiger partial charge in [-0.15, -0.1) is 11.3 Å². The third-order valence-corrected chi connectivity index (χ3v) is 3.90. The van der Waals surface area contributed by atoms with Gasteiger partial charge in [-0.3, -0.25) is 0 Å². The molecule has 0 radical (unpaired) electrons. The molecule has 0 aliphatic rings. The molecule has 0 atom stereocenters. The number of benzene rings is 2. The Kier molecular flexibility index (Phi) is 4.21. The summed E-state index contributed by atoms with van der Waals surface area (Å²) in [7, 11) is 0. The van der Waals surface area contributed by atoms with Crippen LogP contribution in [0, 0.1) is 0 Å². The molecule has 0 spiro atoms. The van der Waals surface area contributed by atoms with Crippen LogP contribution in [0.4, 0.5) is 0 Å². The maximum Gasteiger partial charge on any atom is 0.120 e. The first kappa shape index (κ1) is 13.0. The van der Waals surface area contributed by atoms with E-state index >= 15 is 0 Å². The van der Waals surface area contributed by atoms with Gasteiger partial charge in [-0.1, -0.05) is 54.6 Å². The van der Waals surface area contributed by atoms with Crippen LogP contribution in [-0.4, -0.2) is 11.6 Å². The zero-order valence-electron chi connectivity index (χ0n) is 11.0. The lowest BCUT2D eigenvalue weighted by Gasteiger charge is -1.96. The summed E-state index contributed by atoms with van der Waals surface area (Å²) >= 11 is 1.69. The molecule has 1 heterocycles. The smallest absolute Gasteiger partial charge is 0.120 e. The average Bonchev–Trinajstić information content (AvgIpc) is 2.90. The summed E-state index contributed by atoms with van der Waals surface area (Å²) in [6, 6.07) is 18.4. The predicted molar refractivity (Wildman–Crippen MR) is 84.8 cm³/mol. The highest BCUT2D eigenvalue weighted by atomic mass is 32.1. The third kappa shape index (κ3) is 3.32. The minimum absolute atomic E-state index is 0.568. The summed E-state index contributed by atoms with van der Waals surface area (Å²) in [6.07, 6.45) is 4.10. The Labute approximate surface area is 122 Å². The van der Waals surface area contributed by atoms with E-state index in [1.54, 1.807) is 11.3 Å². The molecule has 0 fully saturated rings. The molecule has 3 heteroatoms. The van der Waals surface area contributed by atoms with E-state index in [1.807, 2.05) is 42.5 Å². The Morgan fingerprint density at radius 2 is 1.80 bits per heavy atom. The lowest BCUT2D eigenvalue weighted by atomic mass is 10.2. The highest BCUT2D eigenvalue weighted by molar-refractivity contribution is 7.18. The Hall–Kier alpha value is -1.97. The van der Waals surface area contributed by atoms with Gasteiger partial charge in [0.25, 0.3) is 0 Å². The van der Waals surface area contributed by atoms with Gasteiger partial charge in [-0.05, 0) is 17.7 Å². The van der Waals surface area contributed by atoms with Gasteiger partial charge in [0.1, 0.15) is 5.01 Å². The second kappa shape index (κ2) is 6.46. The van der Waals surface area contributed by atoms with Crippen molar-refractivity contribution in [3.63, 3.8) is 0 Å². The monoisotopic (exact) mass is 281 g/mol. The minimum Gasteiger partial charge on any atom is -0.370 e. The number of hydrogen-bond donors (Lipinski definition) is 0. The normalized spacial score (nSPS) is 11.4. The Morgan fingerprint density at radius 3 is 2.65 bits per heavy atom. The summed E-state index contributed by atoms with van der Waals surface area (Å²) in [5, 5.41) is 1.03. The number of nitrogens with zero attached hydrogens (tertiary/aromatic N) is 1. The molecule has 3 aromatic rings. The van der Waals surface area contributed by atoms with Crippen molar-refractivity contribution in [3.05, 3.63) is 71.2 Å². The van der Waals surface area contributed by atoms with Crippen molar-refractivity contribution in [2.75, 3.05) is 6.61 Å². The zero-order chi connectivity index (χ0) is 13.6. The van der Waals surface area contributed by atoms with Crippen LogP contribution in [0.3, 0.4) is 0 Å². The van der Waals surface area contributed by atoms with Crippen molar-refractivity contribution in [3.8, 4) is 0 Å². The van der Waals surface area contributed by atoms with Crippen LogP contribution in [-0.2, 0) is 11.3 Å². The quantitative estimate of drug-likeness (QED) is 0.641. The van der Waals surface area contributed by atoms with Crippen LogP contribution in [0.1, 0.15) is 10.6 Å². The van der Waals surface area contributed by atoms with Crippen molar-refractivity contribution in [2.45, 2.75) is 6.61 Å². The summed E-state index contributed by atoms with van der Waals surface area (Å²) < 4.78 is 6.85. The first-order valence-corrected chi connectivity index (χ1v) is 7.37. The maximum absolute atomic E-state index is 5.63. The van der Waals surface area contributed by atoms with Gasteiger partial charge in [-0.2, -0.15) is 0 Å². The molecular weight excluding hydrogens is 266 g/mol. The van der Waals surface area contributed by atoms with E-state index in [-0.39, 0.29) is 0 Å². The molecule has 0 N–H and O–H groups in total. The first-order chi connectivity index (χ1) is 9.92.